The lowest BCUT2D eigenvalue weighted by molar-refractivity contribution is -0.291. The highest BCUT2D eigenvalue weighted by Gasteiger charge is 2.77. The molecule has 1 N–H and O–H groups in total. The Morgan fingerprint density at radius 3 is 1.93 bits per heavy atom. The van der Waals surface area contributed by atoms with Gasteiger partial charge in [-0.25, -0.2) is 0 Å². The smallest absolute Gasteiger partial charge is 0.309 e. The number of rotatable bonds is 6. The summed E-state index contributed by atoms with van der Waals surface area (Å²) in [5, 5.41) is 9.72. The van der Waals surface area contributed by atoms with Crippen molar-refractivity contribution in [2.24, 2.45) is 72.9 Å². The topological polar surface area (TPSA) is 104 Å². The molecule has 8 heteroatoms. The Kier molecular flexibility index (Phi) is 9.48. The maximum atomic E-state index is 15.5. The van der Waals surface area contributed by atoms with Gasteiger partial charge in [0.2, 0.25) is 11.8 Å². The lowest BCUT2D eigenvalue weighted by Gasteiger charge is -2.77. The first-order valence-electron chi connectivity index (χ1n) is 23.2. The molecular formula is C49H76N2O6. The van der Waals surface area contributed by atoms with E-state index in [1.807, 2.05) is 18.7 Å². The minimum atomic E-state index is -0.823. The number of carboxylic acid groups (broad SMARTS) is 1. The highest BCUT2D eigenvalue weighted by atomic mass is 16.5. The number of hydrogen-bond donors (Lipinski definition) is 1. The van der Waals surface area contributed by atoms with Crippen LogP contribution in [-0.4, -0.2) is 70.4 Å². The molecule has 0 unspecified atom stereocenters. The molecule has 0 spiro atoms. The van der Waals surface area contributed by atoms with Crippen molar-refractivity contribution in [1.29, 1.82) is 0 Å². The monoisotopic (exact) mass is 789 g/mol. The van der Waals surface area contributed by atoms with E-state index in [2.05, 4.69) is 66.9 Å². The molecule has 2 aliphatic heterocycles. The summed E-state index contributed by atoms with van der Waals surface area (Å²) in [7, 11) is 0. The van der Waals surface area contributed by atoms with Crippen LogP contribution in [0.25, 0.3) is 0 Å². The van der Waals surface area contributed by atoms with Crippen molar-refractivity contribution in [1.82, 2.24) is 9.80 Å². The predicted molar refractivity (Wildman–Crippen MR) is 222 cm³/mol. The molecule has 0 aromatic rings. The molecule has 8 rings (SSSR count). The summed E-state index contributed by atoms with van der Waals surface area (Å²) in [5.41, 5.74) is -0.267. The summed E-state index contributed by atoms with van der Waals surface area (Å²) in [5.74, 6) is -0.310. The van der Waals surface area contributed by atoms with Crippen LogP contribution in [-0.2, 0) is 23.9 Å². The molecule has 2 heterocycles. The van der Waals surface area contributed by atoms with Gasteiger partial charge in [-0.15, -0.1) is 0 Å². The minimum Gasteiger partial charge on any atom is -0.481 e. The molecule has 2 amide bonds. The lowest BCUT2D eigenvalue weighted by atomic mass is 9.28. The van der Waals surface area contributed by atoms with Crippen molar-refractivity contribution >= 4 is 23.8 Å². The largest absolute Gasteiger partial charge is 0.481 e. The van der Waals surface area contributed by atoms with Crippen LogP contribution >= 0.6 is 0 Å². The maximum absolute atomic E-state index is 15.5. The second kappa shape index (κ2) is 13.1. The predicted octanol–water partition coefficient (Wildman–Crippen LogP) is 9.70. The molecule has 2 saturated heterocycles. The highest BCUT2D eigenvalue weighted by molar-refractivity contribution is 5.92. The zero-order chi connectivity index (χ0) is 41.5. The van der Waals surface area contributed by atoms with Gasteiger partial charge in [0.15, 0.2) is 0 Å². The first-order valence-corrected chi connectivity index (χ1v) is 23.2. The summed E-state index contributed by atoms with van der Waals surface area (Å²) in [6, 6.07) is -0.310. The average molecular weight is 789 g/mol. The molecule has 0 bridgehead atoms. The van der Waals surface area contributed by atoms with Crippen LogP contribution in [0.15, 0.2) is 12.2 Å². The number of likely N-dealkylation sites (tertiary alicyclic amines) is 2. The summed E-state index contributed by atoms with van der Waals surface area (Å²) in [6.45, 7) is 30.6. The minimum absolute atomic E-state index is 0.0382. The Labute approximate surface area is 344 Å². The average Bonchev–Trinajstić information content (AvgIpc) is 3.91. The Hall–Kier alpha value is -2.38. The third kappa shape index (κ3) is 5.09. The third-order valence-corrected chi connectivity index (χ3v) is 21.7. The van der Waals surface area contributed by atoms with E-state index in [4.69, 9.17) is 4.74 Å². The van der Waals surface area contributed by atoms with Crippen LogP contribution in [0.1, 0.15) is 166 Å². The quantitative estimate of drug-likeness (QED) is 0.212. The fraction of sp³-hybridized carbons (Fsp3) is 0.878. The van der Waals surface area contributed by atoms with Crippen LogP contribution < -0.4 is 0 Å². The third-order valence-electron chi connectivity index (χ3n) is 21.7. The number of carbonyl (C=O) groups is 4. The molecular weight excluding hydrogens is 713 g/mol. The number of hydrogen-bond acceptors (Lipinski definition) is 5. The zero-order valence-electron chi connectivity index (χ0n) is 37.4. The molecule has 13 atom stereocenters. The molecule has 8 fully saturated rings. The van der Waals surface area contributed by atoms with Crippen molar-refractivity contribution in [3.05, 3.63) is 12.2 Å². The number of esters is 1. The molecule has 6 saturated carbocycles. The van der Waals surface area contributed by atoms with Crippen LogP contribution in [0.5, 0.6) is 0 Å². The number of allylic oxidation sites excluding steroid dienone is 1. The molecule has 8 aliphatic rings. The van der Waals surface area contributed by atoms with Gasteiger partial charge in [-0.05, 0) is 153 Å². The van der Waals surface area contributed by atoms with Gasteiger partial charge in [0.25, 0.3) is 0 Å². The van der Waals surface area contributed by atoms with Crippen molar-refractivity contribution in [2.75, 3.05) is 19.6 Å². The second-order valence-corrected chi connectivity index (χ2v) is 23.4. The van der Waals surface area contributed by atoms with Crippen LogP contribution in [0.2, 0.25) is 0 Å². The van der Waals surface area contributed by atoms with E-state index in [0.29, 0.717) is 24.8 Å². The highest BCUT2D eigenvalue weighted by Crippen LogP contribution is 2.82. The van der Waals surface area contributed by atoms with E-state index in [1.54, 1.807) is 0 Å². The summed E-state index contributed by atoms with van der Waals surface area (Å²) < 4.78 is 6.52. The van der Waals surface area contributed by atoms with Crippen molar-refractivity contribution in [3.63, 3.8) is 0 Å². The van der Waals surface area contributed by atoms with Crippen molar-refractivity contribution < 1.29 is 29.0 Å². The zero-order valence-corrected chi connectivity index (χ0v) is 37.4. The van der Waals surface area contributed by atoms with Gasteiger partial charge in [-0.3, -0.25) is 19.2 Å². The van der Waals surface area contributed by atoms with E-state index in [1.165, 1.54) is 5.57 Å². The maximum Gasteiger partial charge on any atom is 0.309 e. The molecule has 0 aromatic carbocycles. The lowest BCUT2D eigenvalue weighted by Crippen LogP contribution is -2.72. The van der Waals surface area contributed by atoms with E-state index in [9.17, 15) is 19.5 Å². The fourth-order valence-corrected chi connectivity index (χ4v) is 17.3. The van der Waals surface area contributed by atoms with E-state index in [0.717, 1.165) is 103 Å². The van der Waals surface area contributed by atoms with Gasteiger partial charge in [-0.1, -0.05) is 74.5 Å². The van der Waals surface area contributed by atoms with Crippen molar-refractivity contribution in [2.45, 2.75) is 178 Å². The number of fused-ring (bicyclic) bond motifs is 7. The normalized spacial score (nSPS) is 48.1. The molecule has 0 aromatic heterocycles. The second-order valence-electron chi connectivity index (χ2n) is 23.4. The first-order chi connectivity index (χ1) is 26.5. The standard InChI is InChI=1S/C49H76N2O6/c1-30(2)31-18-21-49(41(56)51-28-14-15-34(51)38(52)50-26-12-13-27-50)25-23-45(8)36(48(31,49)11)17-16-35-44(45,7)22-24-47(10)43(5,6)37(19-20-46(35,47)9)57-40(55)33-29-32(39(53)54)42(33,3)4/h31-37H,1,12-29H2,2-11H3,(H,53,54)/t31-,32-,33+,34-,35-,36-,37-,44+,45+,46+,47-,48+,49+/m0/s1. The van der Waals surface area contributed by atoms with Gasteiger partial charge < -0.3 is 19.6 Å². The summed E-state index contributed by atoms with van der Waals surface area (Å²) in [6.07, 6.45) is 14.1. The molecule has 0 radical (unpaired) electrons. The first kappa shape index (κ1) is 41.4. The molecule has 8 nitrogen and oxygen atoms in total. The number of carbonyl (C=O) groups excluding carboxylic acids is 3. The van der Waals surface area contributed by atoms with Crippen LogP contribution in [0.3, 0.4) is 0 Å². The van der Waals surface area contributed by atoms with Gasteiger partial charge in [-0.2, -0.15) is 0 Å². The Bertz CT molecular complexity index is 1730. The number of ether oxygens (including phenoxy) is 1. The number of nitrogens with zero attached hydrogens (tertiary/aromatic N) is 2. The van der Waals surface area contributed by atoms with E-state index < -0.39 is 22.7 Å². The SMILES string of the molecule is C=C(C)[C@@H]1CC[C@]2(C(=O)N3CCC[C@H]3C(=O)N3CCCC3)CC[C@]3(C)[C@H](CC[C@@H]4[C@@]5(C)CC[C@H](OC(=O)[C@H]6C[C@@H](C(=O)O)C6(C)C)C(C)(C)[C@]5(C)CC[C@]43C)[C@@]12C. The number of carboxylic acids is 1. The number of aliphatic carboxylic acids is 1. The van der Waals surface area contributed by atoms with E-state index in [-0.39, 0.29) is 74.3 Å². The number of amides is 2. The van der Waals surface area contributed by atoms with Gasteiger partial charge in [0.1, 0.15) is 12.1 Å². The fourth-order valence-electron chi connectivity index (χ4n) is 17.3. The van der Waals surface area contributed by atoms with Gasteiger partial charge in [0.05, 0.1) is 17.3 Å². The Balaban J connectivity index is 1.08. The van der Waals surface area contributed by atoms with Crippen LogP contribution in [0.4, 0.5) is 0 Å². The molecule has 6 aliphatic carbocycles. The van der Waals surface area contributed by atoms with Gasteiger partial charge in [0, 0.05) is 25.0 Å². The molecule has 57 heavy (non-hydrogen) atoms. The summed E-state index contributed by atoms with van der Waals surface area (Å²) in [4.78, 5) is 59.2. The Morgan fingerprint density at radius 1 is 0.667 bits per heavy atom. The summed E-state index contributed by atoms with van der Waals surface area (Å²) >= 11 is 0. The van der Waals surface area contributed by atoms with Crippen LogP contribution in [0, 0.1) is 72.9 Å². The van der Waals surface area contributed by atoms with Gasteiger partial charge >= 0.3 is 11.9 Å². The molecule has 318 valence electrons. The Morgan fingerprint density at radius 2 is 1.30 bits per heavy atom. The van der Waals surface area contributed by atoms with E-state index >= 15 is 4.79 Å². The van der Waals surface area contributed by atoms with Crippen molar-refractivity contribution in [3.8, 4) is 0 Å².